The van der Waals surface area contributed by atoms with Crippen molar-refractivity contribution in [1.29, 1.82) is 0 Å². The number of carbonyl (C=O) groups excluding carboxylic acids is 2. The Kier molecular flexibility index (Phi) is 8.62. The van der Waals surface area contributed by atoms with Crippen molar-refractivity contribution < 1.29 is 9.59 Å². The molecule has 0 aromatic rings. The van der Waals surface area contributed by atoms with Crippen LogP contribution in [-0.2, 0) is 9.59 Å². The Morgan fingerprint density at radius 2 is 1.89 bits per heavy atom. The number of hydrogen-bond donors (Lipinski definition) is 2. The van der Waals surface area contributed by atoms with Gasteiger partial charge in [0.15, 0.2) is 5.96 Å². The molecule has 0 aromatic heterocycles. The number of halogens is 1. The lowest BCUT2D eigenvalue weighted by atomic mass is 9.96. The van der Waals surface area contributed by atoms with Crippen LogP contribution in [-0.4, -0.2) is 73.4 Å². The second-order valence-electron chi connectivity index (χ2n) is 8.16. The van der Waals surface area contributed by atoms with E-state index in [0.717, 1.165) is 38.8 Å². The summed E-state index contributed by atoms with van der Waals surface area (Å²) in [5.74, 6) is 1.32. The van der Waals surface area contributed by atoms with Crippen LogP contribution in [0.4, 0.5) is 0 Å². The normalized spacial score (nSPS) is 23.8. The van der Waals surface area contributed by atoms with Gasteiger partial charge in [0.1, 0.15) is 6.54 Å². The Bertz CT molecular complexity index is 544. The summed E-state index contributed by atoms with van der Waals surface area (Å²) < 4.78 is 0. The maximum atomic E-state index is 12.1. The number of hydrogen-bond acceptors (Lipinski definition) is 3. The fourth-order valence-corrected chi connectivity index (χ4v) is 3.81. The molecule has 0 radical (unpaired) electrons. The van der Waals surface area contributed by atoms with Gasteiger partial charge in [-0.05, 0) is 25.7 Å². The Morgan fingerprint density at radius 3 is 2.52 bits per heavy atom. The molecular weight excluding hydrogens is 457 g/mol. The molecule has 3 rings (SSSR count). The topological polar surface area (TPSA) is 77.0 Å². The predicted octanol–water partition coefficient (Wildman–Crippen LogP) is 1.57. The average molecular weight is 491 g/mol. The van der Waals surface area contributed by atoms with E-state index < -0.39 is 0 Å². The maximum absolute atomic E-state index is 12.1. The zero-order valence-corrected chi connectivity index (χ0v) is 18.9. The third-order valence-corrected chi connectivity index (χ3v) is 5.60. The lowest BCUT2D eigenvalue weighted by molar-refractivity contribution is -0.128. The van der Waals surface area contributed by atoms with Crippen molar-refractivity contribution in [3.63, 3.8) is 0 Å². The fourth-order valence-electron chi connectivity index (χ4n) is 3.81. The highest BCUT2D eigenvalue weighted by atomic mass is 127. The summed E-state index contributed by atoms with van der Waals surface area (Å²) in [4.78, 5) is 32.1. The van der Waals surface area contributed by atoms with Gasteiger partial charge in [0.2, 0.25) is 11.8 Å². The maximum Gasteiger partial charge on any atom is 0.243 e. The van der Waals surface area contributed by atoms with Crippen molar-refractivity contribution in [2.75, 3.05) is 33.7 Å². The number of aliphatic imine (C=N–C) groups is 1. The fraction of sp³-hybridized carbons (Fsp3) is 0.842. The molecule has 27 heavy (non-hydrogen) atoms. The van der Waals surface area contributed by atoms with Gasteiger partial charge >= 0.3 is 0 Å². The van der Waals surface area contributed by atoms with Crippen LogP contribution in [0.3, 0.4) is 0 Å². The van der Waals surface area contributed by atoms with Crippen LogP contribution in [0, 0.1) is 5.92 Å². The Balaban J connectivity index is 0.00000261. The van der Waals surface area contributed by atoms with Crippen molar-refractivity contribution in [2.24, 2.45) is 10.9 Å². The molecule has 8 heteroatoms. The second-order valence-corrected chi connectivity index (χ2v) is 8.16. The van der Waals surface area contributed by atoms with Gasteiger partial charge < -0.3 is 20.4 Å². The highest BCUT2D eigenvalue weighted by molar-refractivity contribution is 14.0. The van der Waals surface area contributed by atoms with E-state index in [2.05, 4.69) is 15.6 Å². The molecule has 1 heterocycles. The number of nitrogens with one attached hydrogen (secondary N) is 2. The van der Waals surface area contributed by atoms with Crippen LogP contribution in [0.2, 0.25) is 0 Å². The minimum Gasteiger partial charge on any atom is -0.356 e. The van der Waals surface area contributed by atoms with E-state index in [4.69, 9.17) is 0 Å². The minimum atomic E-state index is -0.00861. The van der Waals surface area contributed by atoms with E-state index >= 15 is 0 Å². The molecule has 154 valence electrons. The Morgan fingerprint density at radius 1 is 1.19 bits per heavy atom. The summed E-state index contributed by atoms with van der Waals surface area (Å²) in [5.41, 5.74) is 0. The first-order valence-electron chi connectivity index (χ1n) is 10.1. The van der Waals surface area contributed by atoms with Gasteiger partial charge in [0, 0.05) is 51.6 Å². The molecule has 3 aliphatic rings. The minimum absolute atomic E-state index is 0. The number of rotatable bonds is 6. The summed E-state index contributed by atoms with van der Waals surface area (Å²) >= 11 is 0. The molecule has 3 fully saturated rings. The molecular formula is C19H34IN5O2. The predicted molar refractivity (Wildman–Crippen MR) is 117 cm³/mol. The second kappa shape index (κ2) is 10.5. The summed E-state index contributed by atoms with van der Waals surface area (Å²) in [6.45, 7) is 1.72. The largest absolute Gasteiger partial charge is 0.356 e. The van der Waals surface area contributed by atoms with Crippen molar-refractivity contribution in [3.8, 4) is 0 Å². The first kappa shape index (κ1) is 22.2. The summed E-state index contributed by atoms with van der Waals surface area (Å²) in [7, 11) is 3.49. The molecule has 0 aromatic carbocycles. The number of likely N-dealkylation sites (tertiary alicyclic amines) is 1. The van der Waals surface area contributed by atoms with Crippen LogP contribution in [0.25, 0.3) is 0 Å². The molecule has 1 aliphatic heterocycles. The van der Waals surface area contributed by atoms with Gasteiger partial charge in [-0.2, -0.15) is 0 Å². The summed E-state index contributed by atoms with van der Waals surface area (Å²) in [6.07, 6.45) is 9.04. The lowest BCUT2D eigenvalue weighted by Gasteiger charge is -2.25. The van der Waals surface area contributed by atoms with Gasteiger partial charge in [0.05, 0.1) is 0 Å². The van der Waals surface area contributed by atoms with Gasteiger partial charge in [-0.25, -0.2) is 4.99 Å². The van der Waals surface area contributed by atoms with E-state index in [1.165, 1.54) is 19.3 Å². The standard InChI is InChI=1S/C19H33N5O2.HI/c1-23(2)18(26)12-21-19(22-15-6-4-3-5-7-15)20-11-14-10-17(25)24(13-14)16-8-9-16;/h14-16H,3-13H2,1-2H3,(H2,20,21,22);1H. The number of nitrogens with zero attached hydrogens (tertiary/aromatic N) is 3. The lowest BCUT2D eigenvalue weighted by Crippen LogP contribution is -2.46. The van der Waals surface area contributed by atoms with E-state index in [9.17, 15) is 9.59 Å². The first-order valence-corrected chi connectivity index (χ1v) is 10.1. The van der Waals surface area contributed by atoms with E-state index in [0.29, 0.717) is 36.3 Å². The van der Waals surface area contributed by atoms with Crippen LogP contribution in [0.1, 0.15) is 51.4 Å². The van der Waals surface area contributed by atoms with Crippen LogP contribution in [0.15, 0.2) is 4.99 Å². The molecule has 2 N–H and O–H groups in total. The third kappa shape index (κ3) is 6.80. The van der Waals surface area contributed by atoms with Crippen molar-refractivity contribution in [3.05, 3.63) is 0 Å². The highest BCUT2D eigenvalue weighted by Crippen LogP contribution is 2.32. The number of likely N-dealkylation sites (N-methyl/N-ethyl adjacent to an activating group) is 1. The number of amides is 2. The number of guanidine groups is 1. The van der Waals surface area contributed by atoms with Gasteiger partial charge in [-0.15, -0.1) is 24.0 Å². The van der Waals surface area contributed by atoms with E-state index in [1.54, 1.807) is 19.0 Å². The van der Waals surface area contributed by atoms with Crippen LogP contribution in [0.5, 0.6) is 0 Å². The molecule has 2 aliphatic carbocycles. The van der Waals surface area contributed by atoms with Gasteiger partial charge in [0.25, 0.3) is 0 Å². The quantitative estimate of drug-likeness (QED) is 0.336. The Labute approximate surface area is 179 Å². The SMILES string of the molecule is CN(C)C(=O)CN=C(NCC1CC(=O)N(C2CC2)C1)NC1CCCCC1.I. The molecule has 2 saturated carbocycles. The zero-order chi connectivity index (χ0) is 18.5. The monoisotopic (exact) mass is 491 g/mol. The zero-order valence-electron chi connectivity index (χ0n) is 16.6. The van der Waals surface area contributed by atoms with Crippen molar-refractivity contribution in [1.82, 2.24) is 20.4 Å². The smallest absolute Gasteiger partial charge is 0.243 e. The molecule has 0 spiro atoms. The van der Waals surface area contributed by atoms with E-state index in [1.807, 2.05) is 4.90 Å². The van der Waals surface area contributed by atoms with Gasteiger partial charge in [-0.1, -0.05) is 19.3 Å². The molecule has 7 nitrogen and oxygen atoms in total. The molecule has 1 saturated heterocycles. The van der Waals surface area contributed by atoms with E-state index in [-0.39, 0.29) is 36.4 Å². The number of carbonyl (C=O) groups is 2. The average Bonchev–Trinajstić information content (AvgIpc) is 3.40. The Hall–Kier alpha value is -1.06. The van der Waals surface area contributed by atoms with Crippen LogP contribution >= 0.6 is 24.0 Å². The molecule has 2 amide bonds. The first-order chi connectivity index (χ1) is 12.5. The molecule has 1 atom stereocenters. The highest BCUT2D eigenvalue weighted by Gasteiger charge is 2.39. The van der Waals surface area contributed by atoms with Crippen molar-refractivity contribution >= 4 is 41.8 Å². The summed E-state index contributed by atoms with van der Waals surface area (Å²) in [6, 6.07) is 0.927. The molecule has 0 bridgehead atoms. The summed E-state index contributed by atoms with van der Waals surface area (Å²) in [5, 5.41) is 6.89. The third-order valence-electron chi connectivity index (χ3n) is 5.60. The molecule has 1 unspecified atom stereocenters. The van der Waals surface area contributed by atoms with Crippen molar-refractivity contribution in [2.45, 2.75) is 63.5 Å². The van der Waals surface area contributed by atoms with Gasteiger partial charge in [-0.3, -0.25) is 9.59 Å². The van der Waals surface area contributed by atoms with Crippen LogP contribution < -0.4 is 10.6 Å².